The van der Waals surface area contributed by atoms with Crippen molar-refractivity contribution in [2.45, 2.75) is 6.92 Å². The van der Waals surface area contributed by atoms with Crippen LogP contribution in [0.3, 0.4) is 0 Å². The molecule has 0 saturated heterocycles. The van der Waals surface area contributed by atoms with Gasteiger partial charge in [0.25, 0.3) is 0 Å². The SMILES string of the molecule is COc1ccc(NCC(C)(CO)CO)c(OC)c1. The molecule has 1 aromatic carbocycles. The van der Waals surface area contributed by atoms with Gasteiger partial charge in [-0.2, -0.15) is 0 Å². The Balaban J connectivity index is 2.78. The number of ether oxygens (including phenoxy) is 2. The maximum Gasteiger partial charge on any atom is 0.145 e. The molecule has 0 atom stereocenters. The van der Waals surface area contributed by atoms with Crippen molar-refractivity contribution in [3.63, 3.8) is 0 Å². The van der Waals surface area contributed by atoms with Gasteiger partial charge in [0.2, 0.25) is 0 Å². The summed E-state index contributed by atoms with van der Waals surface area (Å²) in [6, 6.07) is 5.44. The van der Waals surface area contributed by atoms with Crippen molar-refractivity contribution in [1.29, 1.82) is 0 Å². The van der Waals surface area contributed by atoms with Crippen LogP contribution in [0, 0.1) is 5.41 Å². The molecule has 0 fully saturated rings. The van der Waals surface area contributed by atoms with Crippen molar-refractivity contribution >= 4 is 5.69 Å². The molecule has 0 unspecified atom stereocenters. The molecule has 0 aliphatic rings. The zero-order valence-corrected chi connectivity index (χ0v) is 11.1. The topological polar surface area (TPSA) is 71.0 Å². The van der Waals surface area contributed by atoms with Gasteiger partial charge in [0.05, 0.1) is 33.1 Å². The van der Waals surface area contributed by atoms with E-state index in [1.54, 1.807) is 27.2 Å². The third-order valence-corrected chi connectivity index (χ3v) is 2.88. The summed E-state index contributed by atoms with van der Waals surface area (Å²) in [5.74, 6) is 1.37. The van der Waals surface area contributed by atoms with Crippen molar-refractivity contribution in [2.75, 3.05) is 39.3 Å². The van der Waals surface area contributed by atoms with Crippen molar-refractivity contribution in [2.24, 2.45) is 5.41 Å². The second-order valence-corrected chi connectivity index (χ2v) is 4.55. The van der Waals surface area contributed by atoms with Crippen molar-refractivity contribution in [3.8, 4) is 11.5 Å². The van der Waals surface area contributed by atoms with Gasteiger partial charge in [-0.3, -0.25) is 0 Å². The molecule has 0 aromatic heterocycles. The van der Waals surface area contributed by atoms with Crippen LogP contribution in [0.5, 0.6) is 11.5 Å². The summed E-state index contributed by atoms with van der Waals surface area (Å²) in [7, 11) is 3.17. The highest BCUT2D eigenvalue weighted by Crippen LogP contribution is 2.30. The first-order chi connectivity index (χ1) is 8.58. The Bertz CT molecular complexity index is 377. The van der Waals surface area contributed by atoms with Gasteiger partial charge in [0.1, 0.15) is 11.5 Å². The van der Waals surface area contributed by atoms with Gasteiger partial charge in [-0.05, 0) is 12.1 Å². The fourth-order valence-corrected chi connectivity index (χ4v) is 1.41. The van der Waals surface area contributed by atoms with E-state index in [4.69, 9.17) is 9.47 Å². The lowest BCUT2D eigenvalue weighted by Gasteiger charge is -2.26. The van der Waals surface area contributed by atoms with Crippen LogP contribution < -0.4 is 14.8 Å². The Kier molecular flexibility index (Phi) is 5.25. The molecule has 3 N–H and O–H groups in total. The Hall–Kier alpha value is -1.46. The first-order valence-corrected chi connectivity index (χ1v) is 5.76. The van der Waals surface area contributed by atoms with Crippen molar-refractivity contribution in [3.05, 3.63) is 18.2 Å². The van der Waals surface area contributed by atoms with Crippen LogP contribution >= 0.6 is 0 Å². The lowest BCUT2D eigenvalue weighted by molar-refractivity contribution is 0.0806. The van der Waals surface area contributed by atoms with Gasteiger partial charge >= 0.3 is 0 Å². The van der Waals surface area contributed by atoms with E-state index in [0.29, 0.717) is 18.0 Å². The van der Waals surface area contributed by atoms with E-state index in [0.717, 1.165) is 5.69 Å². The molecule has 1 aromatic rings. The highest BCUT2D eigenvalue weighted by molar-refractivity contribution is 5.59. The van der Waals surface area contributed by atoms with Crippen LogP contribution in [0.25, 0.3) is 0 Å². The highest BCUT2D eigenvalue weighted by Gasteiger charge is 2.22. The largest absolute Gasteiger partial charge is 0.497 e. The Labute approximate surface area is 107 Å². The molecule has 18 heavy (non-hydrogen) atoms. The van der Waals surface area contributed by atoms with E-state index >= 15 is 0 Å². The number of hydrogen-bond acceptors (Lipinski definition) is 5. The number of nitrogens with one attached hydrogen (secondary N) is 1. The van der Waals surface area contributed by atoms with Crippen LogP contribution in [0.2, 0.25) is 0 Å². The van der Waals surface area contributed by atoms with E-state index < -0.39 is 5.41 Å². The van der Waals surface area contributed by atoms with Crippen LogP contribution in [-0.2, 0) is 0 Å². The van der Waals surface area contributed by atoms with Gasteiger partial charge < -0.3 is 25.0 Å². The summed E-state index contributed by atoms with van der Waals surface area (Å²) in [5, 5.41) is 21.6. The minimum Gasteiger partial charge on any atom is -0.497 e. The lowest BCUT2D eigenvalue weighted by Crippen LogP contribution is -2.34. The molecule has 5 nitrogen and oxygen atoms in total. The van der Waals surface area contributed by atoms with E-state index in [9.17, 15) is 10.2 Å². The number of benzene rings is 1. The number of aliphatic hydroxyl groups excluding tert-OH is 2. The molecule has 5 heteroatoms. The van der Waals surface area contributed by atoms with E-state index in [1.807, 2.05) is 12.1 Å². The number of hydrogen-bond donors (Lipinski definition) is 3. The van der Waals surface area contributed by atoms with E-state index in [1.165, 1.54) is 0 Å². The Morgan fingerprint density at radius 3 is 2.33 bits per heavy atom. The molecule has 0 aliphatic heterocycles. The number of methoxy groups -OCH3 is 2. The number of anilines is 1. The quantitative estimate of drug-likeness (QED) is 0.680. The summed E-state index contributed by atoms with van der Waals surface area (Å²) in [6.07, 6.45) is 0. The summed E-state index contributed by atoms with van der Waals surface area (Å²) in [4.78, 5) is 0. The zero-order valence-electron chi connectivity index (χ0n) is 11.1. The lowest BCUT2D eigenvalue weighted by atomic mass is 9.93. The molecule has 0 radical (unpaired) electrons. The predicted octanol–water partition coefficient (Wildman–Crippen LogP) is 1.11. The first kappa shape index (κ1) is 14.6. The minimum atomic E-state index is -0.565. The highest BCUT2D eigenvalue weighted by atomic mass is 16.5. The molecule has 102 valence electrons. The molecule has 0 saturated carbocycles. The Morgan fingerprint density at radius 1 is 1.17 bits per heavy atom. The molecule has 0 amide bonds. The minimum absolute atomic E-state index is 0.0883. The fourth-order valence-electron chi connectivity index (χ4n) is 1.41. The fraction of sp³-hybridized carbons (Fsp3) is 0.538. The third kappa shape index (κ3) is 3.51. The first-order valence-electron chi connectivity index (χ1n) is 5.76. The second-order valence-electron chi connectivity index (χ2n) is 4.55. The van der Waals surface area contributed by atoms with Crippen LogP contribution in [0.1, 0.15) is 6.92 Å². The van der Waals surface area contributed by atoms with Crippen molar-refractivity contribution in [1.82, 2.24) is 0 Å². The van der Waals surface area contributed by atoms with Crippen molar-refractivity contribution < 1.29 is 19.7 Å². The maximum atomic E-state index is 9.22. The van der Waals surface area contributed by atoms with E-state index in [-0.39, 0.29) is 13.2 Å². The number of aliphatic hydroxyl groups is 2. The summed E-state index contributed by atoms with van der Waals surface area (Å²) in [5.41, 5.74) is 0.233. The Morgan fingerprint density at radius 2 is 1.83 bits per heavy atom. The van der Waals surface area contributed by atoms with Gasteiger partial charge in [-0.15, -0.1) is 0 Å². The average Bonchev–Trinajstić information content (AvgIpc) is 2.44. The standard InChI is InChI=1S/C13H21NO4/c1-13(8-15,9-16)7-14-11-5-4-10(17-2)6-12(11)18-3/h4-6,14-16H,7-9H2,1-3H3. The van der Waals surface area contributed by atoms with Gasteiger partial charge in [-0.25, -0.2) is 0 Å². The average molecular weight is 255 g/mol. The molecule has 0 heterocycles. The molecule has 0 aliphatic carbocycles. The summed E-state index contributed by atoms with van der Waals surface area (Å²) in [6.45, 7) is 2.07. The summed E-state index contributed by atoms with van der Waals surface area (Å²) >= 11 is 0. The van der Waals surface area contributed by atoms with Gasteiger partial charge in [0.15, 0.2) is 0 Å². The smallest absolute Gasteiger partial charge is 0.145 e. The predicted molar refractivity (Wildman–Crippen MR) is 70.3 cm³/mol. The zero-order chi connectivity index (χ0) is 13.6. The normalized spacial score (nSPS) is 11.2. The monoisotopic (exact) mass is 255 g/mol. The molecule has 0 spiro atoms. The second kappa shape index (κ2) is 6.47. The molecular formula is C13H21NO4. The number of rotatable bonds is 7. The summed E-state index contributed by atoms with van der Waals surface area (Å²) < 4.78 is 10.4. The van der Waals surface area contributed by atoms with Gasteiger partial charge in [0, 0.05) is 18.0 Å². The van der Waals surface area contributed by atoms with Crippen LogP contribution in [-0.4, -0.2) is 44.2 Å². The molecule has 1 rings (SSSR count). The van der Waals surface area contributed by atoms with E-state index in [2.05, 4.69) is 5.32 Å². The molecule has 0 bridgehead atoms. The van der Waals surface area contributed by atoms with Gasteiger partial charge in [-0.1, -0.05) is 6.92 Å². The van der Waals surface area contributed by atoms with Crippen LogP contribution in [0.15, 0.2) is 18.2 Å². The molecular weight excluding hydrogens is 234 g/mol. The third-order valence-electron chi connectivity index (χ3n) is 2.88. The maximum absolute atomic E-state index is 9.22. The van der Waals surface area contributed by atoms with Crippen LogP contribution in [0.4, 0.5) is 5.69 Å².